The van der Waals surface area contributed by atoms with E-state index in [0.29, 0.717) is 48.3 Å². The zero-order valence-electron chi connectivity index (χ0n) is 13.4. The van der Waals surface area contributed by atoms with Crippen molar-refractivity contribution < 1.29 is 9.59 Å². The van der Waals surface area contributed by atoms with Gasteiger partial charge in [-0.05, 0) is 43.5 Å². The topological polar surface area (TPSA) is 52.7 Å². The number of rotatable bonds is 5. The van der Waals surface area contributed by atoms with E-state index < -0.39 is 0 Å². The molecule has 0 aromatic heterocycles. The zero-order chi connectivity index (χ0) is 17.1. The summed E-state index contributed by atoms with van der Waals surface area (Å²) in [6.07, 6.45) is 2.55. The molecule has 2 amide bonds. The molecule has 1 aliphatic heterocycles. The maximum Gasteiger partial charge on any atom is 0.255 e. The van der Waals surface area contributed by atoms with E-state index in [1.54, 1.807) is 23.1 Å². The van der Waals surface area contributed by atoms with Crippen LogP contribution < -0.4 is 5.32 Å². The highest BCUT2D eigenvalue weighted by molar-refractivity contribution is 6.36. The average molecular weight is 370 g/mol. The molecule has 0 atom stereocenters. The van der Waals surface area contributed by atoms with Gasteiger partial charge in [-0.25, -0.2) is 0 Å². The van der Waals surface area contributed by atoms with E-state index in [2.05, 4.69) is 5.32 Å². The van der Waals surface area contributed by atoms with E-state index in [4.69, 9.17) is 23.2 Å². The fraction of sp³-hybridized carbons (Fsp3) is 0.529. The van der Waals surface area contributed by atoms with Crippen molar-refractivity contribution >= 4 is 35.0 Å². The molecule has 0 spiro atoms. The molecule has 0 radical (unpaired) electrons. The van der Waals surface area contributed by atoms with Crippen LogP contribution in [0.25, 0.3) is 0 Å². The number of carbonyl (C=O) groups is 2. The smallest absolute Gasteiger partial charge is 0.255 e. The first-order valence-electron chi connectivity index (χ1n) is 8.27. The number of benzene rings is 1. The molecule has 1 heterocycles. The van der Waals surface area contributed by atoms with Crippen LogP contribution in [0, 0.1) is 5.92 Å². The normalized spacial score (nSPS) is 17.9. The van der Waals surface area contributed by atoms with Crippen molar-refractivity contribution in [2.45, 2.75) is 12.8 Å². The maximum absolute atomic E-state index is 12.5. The van der Waals surface area contributed by atoms with E-state index >= 15 is 0 Å². The van der Waals surface area contributed by atoms with Gasteiger partial charge >= 0.3 is 0 Å². The number of nitrogens with zero attached hydrogens (tertiary/aromatic N) is 2. The summed E-state index contributed by atoms with van der Waals surface area (Å²) in [6.45, 7) is 3.47. The molecule has 130 valence electrons. The highest BCUT2D eigenvalue weighted by Crippen LogP contribution is 2.27. The molecule has 1 aromatic carbocycles. The van der Waals surface area contributed by atoms with Crippen molar-refractivity contribution in [3.8, 4) is 0 Å². The summed E-state index contributed by atoms with van der Waals surface area (Å²) < 4.78 is 0. The Morgan fingerprint density at radius 3 is 2.38 bits per heavy atom. The molecule has 3 rings (SSSR count). The summed E-state index contributed by atoms with van der Waals surface area (Å²) in [5.74, 6) is 0.749. The monoisotopic (exact) mass is 369 g/mol. The molecule has 1 saturated heterocycles. The number of halogens is 2. The third-order valence-electron chi connectivity index (χ3n) is 4.49. The first-order valence-corrected chi connectivity index (χ1v) is 9.03. The van der Waals surface area contributed by atoms with E-state index in [1.807, 2.05) is 4.90 Å². The van der Waals surface area contributed by atoms with Gasteiger partial charge in [-0.15, -0.1) is 0 Å². The zero-order valence-corrected chi connectivity index (χ0v) is 14.9. The Bertz CT molecular complexity index is 626. The summed E-state index contributed by atoms with van der Waals surface area (Å²) in [6, 6.07) is 4.87. The summed E-state index contributed by atoms with van der Waals surface area (Å²) in [5.41, 5.74) is 0.451. The summed E-state index contributed by atoms with van der Waals surface area (Å²) in [4.78, 5) is 28.3. The largest absolute Gasteiger partial charge is 0.338 e. The van der Waals surface area contributed by atoms with Crippen LogP contribution in [-0.2, 0) is 4.79 Å². The molecule has 1 N–H and O–H groups in total. The number of amides is 2. The van der Waals surface area contributed by atoms with Crippen molar-refractivity contribution in [2.24, 2.45) is 5.92 Å². The van der Waals surface area contributed by atoms with Crippen molar-refractivity contribution in [3.63, 3.8) is 0 Å². The Hall–Kier alpha value is -1.30. The highest BCUT2D eigenvalue weighted by atomic mass is 35.5. The van der Waals surface area contributed by atoms with Crippen molar-refractivity contribution in [3.05, 3.63) is 33.8 Å². The SMILES string of the molecule is O=C(CNCC1CC1)N1CCN(C(=O)c2ccc(Cl)cc2Cl)CC1. The molecule has 0 unspecified atom stereocenters. The van der Waals surface area contributed by atoms with E-state index in [9.17, 15) is 9.59 Å². The third-order valence-corrected chi connectivity index (χ3v) is 5.04. The minimum absolute atomic E-state index is 0.104. The standard InChI is InChI=1S/C17H21Cl2N3O2/c18-13-3-4-14(15(19)9-13)17(24)22-7-5-21(6-8-22)16(23)11-20-10-12-1-2-12/h3-4,9,12,20H,1-2,5-8,10-11H2. The second-order valence-corrected chi connectivity index (χ2v) is 7.22. The summed E-state index contributed by atoms with van der Waals surface area (Å²) >= 11 is 12.0. The molecule has 2 aliphatic rings. The number of carbonyl (C=O) groups excluding carboxylic acids is 2. The number of hydrogen-bond acceptors (Lipinski definition) is 3. The van der Waals surface area contributed by atoms with Crippen LogP contribution in [0.1, 0.15) is 23.2 Å². The Kier molecular flexibility index (Phi) is 5.64. The Balaban J connectivity index is 1.48. The van der Waals surface area contributed by atoms with E-state index in [1.165, 1.54) is 12.8 Å². The van der Waals surface area contributed by atoms with Gasteiger partial charge in [-0.3, -0.25) is 9.59 Å². The van der Waals surface area contributed by atoms with Crippen LogP contribution in [0.5, 0.6) is 0 Å². The Morgan fingerprint density at radius 2 is 1.75 bits per heavy atom. The Morgan fingerprint density at radius 1 is 1.08 bits per heavy atom. The minimum atomic E-state index is -0.115. The minimum Gasteiger partial charge on any atom is -0.338 e. The predicted molar refractivity (Wildman–Crippen MR) is 94.5 cm³/mol. The van der Waals surface area contributed by atoms with Crippen molar-refractivity contribution in [2.75, 3.05) is 39.3 Å². The van der Waals surface area contributed by atoms with Gasteiger partial charge in [-0.1, -0.05) is 23.2 Å². The molecule has 0 bridgehead atoms. The van der Waals surface area contributed by atoms with Gasteiger partial charge in [0.25, 0.3) is 5.91 Å². The fourth-order valence-electron chi connectivity index (χ4n) is 2.81. The van der Waals surface area contributed by atoms with Crippen LogP contribution >= 0.6 is 23.2 Å². The maximum atomic E-state index is 12.5. The van der Waals surface area contributed by atoms with Crippen LogP contribution in [0.15, 0.2) is 18.2 Å². The third kappa shape index (κ3) is 4.41. The molecular formula is C17H21Cl2N3O2. The van der Waals surface area contributed by atoms with Gasteiger partial charge in [0.2, 0.25) is 5.91 Å². The van der Waals surface area contributed by atoms with Gasteiger partial charge in [0.15, 0.2) is 0 Å². The lowest BCUT2D eigenvalue weighted by Crippen LogP contribution is -2.52. The number of piperazine rings is 1. The first-order chi connectivity index (χ1) is 11.5. The van der Waals surface area contributed by atoms with Crippen molar-refractivity contribution in [1.29, 1.82) is 0 Å². The molecule has 1 aromatic rings. The Labute approximate surface area is 151 Å². The molecular weight excluding hydrogens is 349 g/mol. The van der Waals surface area contributed by atoms with Crippen LogP contribution in [-0.4, -0.2) is 60.9 Å². The van der Waals surface area contributed by atoms with Crippen LogP contribution in [0.2, 0.25) is 10.0 Å². The lowest BCUT2D eigenvalue weighted by molar-refractivity contribution is -0.131. The molecule has 24 heavy (non-hydrogen) atoms. The quantitative estimate of drug-likeness (QED) is 0.865. The van der Waals surface area contributed by atoms with E-state index in [0.717, 1.165) is 12.5 Å². The highest BCUT2D eigenvalue weighted by Gasteiger charge is 2.26. The second kappa shape index (κ2) is 7.72. The van der Waals surface area contributed by atoms with Gasteiger partial charge in [0, 0.05) is 31.2 Å². The fourth-order valence-corrected chi connectivity index (χ4v) is 3.30. The molecule has 1 saturated carbocycles. The van der Waals surface area contributed by atoms with Gasteiger partial charge in [0.05, 0.1) is 17.1 Å². The summed E-state index contributed by atoms with van der Waals surface area (Å²) in [7, 11) is 0. The summed E-state index contributed by atoms with van der Waals surface area (Å²) in [5, 5.41) is 4.08. The molecule has 5 nitrogen and oxygen atoms in total. The van der Waals surface area contributed by atoms with Gasteiger partial charge in [0.1, 0.15) is 0 Å². The van der Waals surface area contributed by atoms with Gasteiger partial charge in [-0.2, -0.15) is 0 Å². The van der Waals surface area contributed by atoms with Crippen molar-refractivity contribution in [1.82, 2.24) is 15.1 Å². The predicted octanol–water partition coefficient (Wildman–Crippen LogP) is 2.28. The second-order valence-electron chi connectivity index (χ2n) is 6.37. The number of nitrogens with one attached hydrogen (secondary N) is 1. The van der Waals surface area contributed by atoms with Crippen LogP contribution in [0.3, 0.4) is 0 Å². The first kappa shape index (κ1) is 17.5. The molecule has 1 aliphatic carbocycles. The van der Waals surface area contributed by atoms with E-state index in [-0.39, 0.29) is 11.8 Å². The van der Waals surface area contributed by atoms with Gasteiger partial charge < -0.3 is 15.1 Å². The molecule has 2 fully saturated rings. The van der Waals surface area contributed by atoms with Crippen LogP contribution in [0.4, 0.5) is 0 Å². The lowest BCUT2D eigenvalue weighted by atomic mass is 10.1. The molecule has 7 heteroatoms. The average Bonchev–Trinajstić information content (AvgIpc) is 3.39. The number of hydrogen-bond donors (Lipinski definition) is 1. The lowest BCUT2D eigenvalue weighted by Gasteiger charge is -2.35.